The van der Waals surface area contributed by atoms with E-state index in [4.69, 9.17) is 0 Å². The van der Waals surface area contributed by atoms with E-state index in [0.29, 0.717) is 11.8 Å². The van der Waals surface area contributed by atoms with Crippen molar-refractivity contribution in [1.29, 1.82) is 0 Å². The average molecular weight is 327 g/mol. The molecule has 2 N–H and O–H groups in total. The molecule has 0 aliphatic carbocycles. The molecule has 0 fully saturated rings. The van der Waals surface area contributed by atoms with Gasteiger partial charge in [-0.2, -0.15) is 8.78 Å². The molecule has 0 saturated heterocycles. The third-order valence-corrected chi connectivity index (χ3v) is 3.38. The van der Waals surface area contributed by atoms with Crippen LogP contribution >= 0.6 is 11.8 Å². The molecule has 2 rings (SSSR count). The van der Waals surface area contributed by atoms with Crippen LogP contribution in [0.3, 0.4) is 0 Å². The number of aromatic amines is 1. The quantitative estimate of drug-likeness (QED) is 0.815. The van der Waals surface area contributed by atoms with Crippen LogP contribution in [0.2, 0.25) is 0 Å². The zero-order valence-corrected chi connectivity index (χ0v) is 11.9. The van der Waals surface area contributed by atoms with Crippen molar-refractivity contribution in [3.05, 3.63) is 57.4 Å². The van der Waals surface area contributed by atoms with Gasteiger partial charge in [-0.1, -0.05) is 23.9 Å². The lowest BCUT2D eigenvalue weighted by Gasteiger charge is -2.10. The van der Waals surface area contributed by atoms with Crippen LogP contribution in [0.1, 0.15) is 0 Å². The first-order valence-corrected chi connectivity index (χ1v) is 6.97. The van der Waals surface area contributed by atoms with Crippen LogP contribution in [0, 0.1) is 0 Å². The lowest BCUT2D eigenvalue weighted by atomic mass is 10.3. The van der Waals surface area contributed by atoms with Crippen LogP contribution < -0.4 is 16.6 Å². The molecule has 0 aliphatic heterocycles. The molecule has 0 radical (unpaired) electrons. The predicted molar refractivity (Wildman–Crippen MR) is 78.3 cm³/mol. The smallest absolute Gasteiger partial charge is 0.324 e. The molecule has 0 unspecified atom stereocenters. The van der Waals surface area contributed by atoms with Crippen molar-refractivity contribution in [3.8, 4) is 0 Å². The molecule has 1 amide bonds. The Bertz CT molecular complexity index is 788. The monoisotopic (exact) mass is 327 g/mol. The van der Waals surface area contributed by atoms with Crippen LogP contribution in [0.15, 0.2) is 51.0 Å². The van der Waals surface area contributed by atoms with E-state index in [2.05, 4.69) is 5.32 Å². The van der Waals surface area contributed by atoms with E-state index < -0.39 is 22.9 Å². The van der Waals surface area contributed by atoms with E-state index in [1.807, 2.05) is 4.98 Å². The third-order valence-electron chi connectivity index (χ3n) is 2.59. The maximum Gasteiger partial charge on any atom is 0.328 e. The van der Waals surface area contributed by atoms with E-state index in [1.165, 1.54) is 18.3 Å². The molecule has 1 aromatic heterocycles. The molecular formula is C13H11F2N3O3S. The van der Waals surface area contributed by atoms with Crippen LogP contribution in [0.4, 0.5) is 14.5 Å². The van der Waals surface area contributed by atoms with Crippen LogP contribution in [-0.2, 0) is 11.3 Å². The van der Waals surface area contributed by atoms with Crippen molar-refractivity contribution in [3.63, 3.8) is 0 Å². The highest BCUT2D eigenvalue weighted by Crippen LogP contribution is 2.31. The second kappa shape index (κ2) is 7.03. The minimum Gasteiger partial charge on any atom is -0.324 e. The molecule has 0 bridgehead atoms. The van der Waals surface area contributed by atoms with Crippen LogP contribution in [0.25, 0.3) is 0 Å². The van der Waals surface area contributed by atoms with E-state index in [0.717, 1.165) is 10.6 Å². The molecule has 1 heterocycles. The van der Waals surface area contributed by atoms with Gasteiger partial charge in [-0.15, -0.1) is 0 Å². The Hall–Kier alpha value is -2.42. The summed E-state index contributed by atoms with van der Waals surface area (Å²) in [6.07, 6.45) is 1.18. The molecule has 9 heteroatoms. The Morgan fingerprint density at radius 2 is 2.00 bits per heavy atom. The highest BCUT2D eigenvalue weighted by Gasteiger charge is 2.12. The van der Waals surface area contributed by atoms with Gasteiger partial charge >= 0.3 is 5.69 Å². The molecule has 22 heavy (non-hydrogen) atoms. The van der Waals surface area contributed by atoms with E-state index in [9.17, 15) is 23.2 Å². The van der Waals surface area contributed by atoms with Crippen molar-refractivity contribution < 1.29 is 13.6 Å². The summed E-state index contributed by atoms with van der Waals surface area (Å²) in [4.78, 5) is 36.5. The number of amides is 1. The Labute approximate surface area is 127 Å². The maximum atomic E-state index is 12.4. The predicted octanol–water partition coefficient (Wildman–Crippen LogP) is 1.49. The molecule has 0 spiro atoms. The lowest BCUT2D eigenvalue weighted by molar-refractivity contribution is -0.116. The number of hydrogen-bond acceptors (Lipinski definition) is 4. The topological polar surface area (TPSA) is 84.0 Å². The number of carbonyl (C=O) groups excluding carboxylic acids is 1. The number of alkyl halides is 2. The summed E-state index contributed by atoms with van der Waals surface area (Å²) in [7, 11) is 0. The van der Waals surface area contributed by atoms with Gasteiger partial charge in [-0.05, 0) is 12.1 Å². The minimum absolute atomic E-state index is 0.222. The first-order valence-electron chi connectivity index (χ1n) is 6.09. The number of benzene rings is 1. The fourth-order valence-corrected chi connectivity index (χ4v) is 2.28. The van der Waals surface area contributed by atoms with E-state index in [1.54, 1.807) is 12.1 Å². The SMILES string of the molecule is O=C(Cn1ccc(=O)[nH]c1=O)Nc1ccccc1SC(F)F. The van der Waals surface area contributed by atoms with Gasteiger partial charge in [-0.25, -0.2) is 4.79 Å². The number of para-hydroxylation sites is 1. The fraction of sp³-hybridized carbons (Fsp3) is 0.154. The van der Waals surface area contributed by atoms with Gasteiger partial charge in [0.1, 0.15) is 6.54 Å². The van der Waals surface area contributed by atoms with Crippen LogP contribution in [0.5, 0.6) is 0 Å². The molecular weight excluding hydrogens is 316 g/mol. The summed E-state index contributed by atoms with van der Waals surface area (Å²) in [5.41, 5.74) is -1.06. The van der Waals surface area contributed by atoms with Crippen LogP contribution in [-0.4, -0.2) is 21.2 Å². The normalized spacial score (nSPS) is 10.7. The standard InChI is InChI=1S/C13H11F2N3O3S/c14-12(15)22-9-4-2-1-3-8(9)16-11(20)7-18-6-5-10(19)17-13(18)21/h1-6,12H,7H2,(H,16,20)(H,17,19,21). The van der Waals surface area contributed by atoms with Gasteiger partial charge < -0.3 is 5.32 Å². The molecule has 116 valence electrons. The highest BCUT2D eigenvalue weighted by atomic mass is 32.2. The number of nitrogens with zero attached hydrogens (tertiary/aromatic N) is 1. The Balaban J connectivity index is 2.12. The second-order valence-corrected chi connectivity index (χ2v) is 5.19. The van der Waals surface area contributed by atoms with Gasteiger partial charge in [0, 0.05) is 17.2 Å². The molecule has 2 aromatic rings. The number of carbonyl (C=O) groups is 1. The number of thioether (sulfide) groups is 1. The van der Waals surface area contributed by atoms with Crippen molar-refractivity contribution in [2.45, 2.75) is 17.2 Å². The second-order valence-electron chi connectivity index (χ2n) is 4.16. The van der Waals surface area contributed by atoms with Gasteiger partial charge in [0.05, 0.1) is 5.69 Å². The van der Waals surface area contributed by atoms with Crippen molar-refractivity contribution in [1.82, 2.24) is 9.55 Å². The van der Waals surface area contributed by atoms with Gasteiger partial charge in [-0.3, -0.25) is 19.1 Å². The zero-order chi connectivity index (χ0) is 16.1. The Kier molecular flexibility index (Phi) is 5.10. The number of rotatable bonds is 5. The maximum absolute atomic E-state index is 12.4. The number of halogens is 2. The molecule has 0 atom stereocenters. The number of H-pyrrole nitrogens is 1. The summed E-state index contributed by atoms with van der Waals surface area (Å²) >= 11 is 0.314. The zero-order valence-electron chi connectivity index (χ0n) is 11.1. The Morgan fingerprint density at radius 3 is 2.68 bits per heavy atom. The lowest BCUT2D eigenvalue weighted by Crippen LogP contribution is -2.32. The number of aromatic nitrogens is 2. The first kappa shape index (κ1) is 16.0. The fourth-order valence-electron chi connectivity index (χ4n) is 1.68. The molecule has 6 nitrogen and oxygen atoms in total. The minimum atomic E-state index is -2.61. The molecule has 0 aliphatic rings. The largest absolute Gasteiger partial charge is 0.328 e. The summed E-state index contributed by atoms with van der Waals surface area (Å²) in [5, 5.41) is 2.46. The summed E-state index contributed by atoms with van der Waals surface area (Å²) in [6.45, 7) is -0.344. The van der Waals surface area contributed by atoms with E-state index in [-0.39, 0.29) is 17.1 Å². The van der Waals surface area contributed by atoms with Crippen molar-refractivity contribution in [2.75, 3.05) is 5.32 Å². The van der Waals surface area contributed by atoms with Gasteiger partial charge in [0.25, 0.3) is 11.3 Å². The number of nitrogens with one attached hydrogen (secondary N) is 2. The summed E-state index contributed by atoms with van der Waals surface area (Å²) < 4.78 is 25.9. The first-order chi connectivity index (χ1) is 10.5. The summed E-state index contributed by atoms with van der Waals surface area (Å²) in [6, 6.07) is 7.22. The number of anilines is 1. The third kappa shape index (κ3) is 4.29. The molecule has 1 aromatic carbocycles. The Morgan fingerprint density at radius 1 is 1.27 bits per heavy atom. The van der Waals surface area contributed by atoms with Crippen molar-refractivity contribution >= 4 is 23.4 Å². The van der Waals surface area contributed by atoms with Crippen molar-refractivity contribution in [2.24, 2.45) is 0 Å². The van der Waals surface area contributed by atoms with Gasteiger partial charge in [0.15, 0.2) is 0 Å². The van der Waals surface area contributed by atoms with E-state index >= 15 is 0 Å². The molecule has 0 saturated carbocycles. The summed E-state index contributed by atoms with van der Waals surface area (Å²) in [5.74, 6) is -3.18. The highest BCUT2D eigenvalue weighted by molar-refractivity contribution is 7.99. The average Bonchev–Trinajstić information content (AvgIpc) is 2.43. The number of hydrogen-bond donors (Lipinski definition) is 2. The van der Waals surface area contributed by atoms with Gasteiger partial charge in [0.2, 0.25) is 5.91 Å².